The fraction of sp³-hybridized carbons (Fsp3) is 0.286. The van der Waals surface area contributed by atoms with E-state index < -0.39 is 38.7 Å². The molecule has 0 spiro atoms. The van der Waals surface area contributed by atoms with Crippen LogP contribution in [0.4, 0.5) is 8.78 Å². The van der Waals surface area contributed by atoms with Gasteiger partial charge in [0.1, 0.15) is 9.77 Å². The summed E-state index contributed by atoms with van der Waals surface area (Å²) >= 11 is 0.713. The standard InChI is InChI=1S/C7H7F2NO4S2/c8-5(9)3-10-16(13,14)4-1-2-15-6(4)7(11)12/h1-2,5,10H,3H2,(H,11,12). The van der Waals surface area contributed by atoms with Gasteiger partial charge in [0.05, 0.1) is 6.54 Å². The third-order valence-corrected chi connectivity index (χ3v) is 4.04. The van der Waals surface area contributed by atoms with Crippen molar-refractivity contribution in [2.24, 2.45) is 0 Å². The number of alkyl halides is 2. The maximum atomic E-state index is 11.8. The van der Waals surface area contributed by atoms with Crippen molar-refractivity contribution in [1.29, 1.82) is 0 Å². The van der Waals surface area contributed by atoms with E-state index in [2.05, 4.69) is 0 Å². The topological polar surface area (TPSA) is 83.5 Å². The predicted molar refractivity (Wildman–Crippen MR) is 52.5 cm³/mol. The average molecular weight is 271 g/mol. The maximum Gasteiger partial charge on any atom is 0.347 e. The summed E-state index contributed by atoms with van der Waals surface area (Å²) in [6.07, 6.45) is -2.83. The molecule has 1 aromatic rings. The molecule has 0 saturated heterocycles. The van der Waals surface area contributed by atoms with Gasteiger partial charge in [-0.05, 0) is 11.4 Å². The summed E-state index contributed by atoms with van der Waals surface area (Å²) in [5.74, 6) is -1.41. The largest absolute Gasteiger partial charge is 0.477 e. The van der Waals surface area contributed by atoms with E-state index in [-0.39, 0.29) is 0 Å². The van der Waals surface area contributed by atoms with Crippen LogP contribution in [0.2, 0.25) is 0 Å². The molecule has 0 aliphatic carbocycles. The third-order valence-electron chi connectivity index (χ3n) is 1.54. The Hall–Kier alpha value is -1.06. The number of carbonyl (C=O) groups is 1. The fourth-order valence-corrected chi connectivity index (χ4v) is 3.18. The first kappa shape index (κ1) is 13.0. The Bertz CT molecular complexity index is 482. The van der Waals surface area contributed by atoms with Crippen LogP contribution >= 0.6 is 11.3 Å². The van der Waals surface area contributed by atoms with Crippen molar-refractivity contribution in [3.8, 4) is 0 Å². The molecule has 0 bridgehead atoms. The van der Waals surface area contributed by atoms with Crippen LogP contribution in [0.3, 0.4) is 0 Å². The normalized spacial score (nSPS) is 11.9. The van der Waals surface area contributed by atoms with E-state index in [0.29, 0.717) is 11.3 Å². The maximum absolute atomic E-state index is 11.8. The molecule has 0 amide bonds. The summed E-state index contributed by atoms with van der Waals surface area (Å²) in [6, 6.07) is 1.06. The number of carboxylic acid groups (broad SMARTS) is 1. The minimum absolute atomic E-state index is 0.401. The molecule has 9 heteroatoms. The molecule has 1 aromatic heterocycles. The van der Waals surface area contributed by atoms with Gasteiger partial charge in [0.25, 0.3) is 6.43 Å². The molecule has 5 nitrogen and oxygen atoms in total. The first-order valence-corrected chi connectivity index (χ1v) is 6.29. The number of sulfonamides is 1. The molecule has 1 heterocycles. The summed E-state index contributed by atoms with van der Waals surface area (Å²) in [5.41, 5.74) is 0. The third kappa shape index (κ3) is 2.97. The van der Waals surface area contributed by atoms with Crippen molar-refractivity contribution in [2.75, 3.05) is 6.54 Å². The van der Waals surface area contributed by atoms with Crippen molar-refractivity contribution in [1.82, 2.24) is 4.72 Å². The van der Waals surface area contributed by atoms with Gasteiger partial charge in [-0.2, -0.15) is 0 Å². The Balaban J connectivity index is 2.99. The first-order valence-electron chi connectivity index (χ1n) is 3.93. The lowest BCUT2D eigenvalue weighted by molar-refractivity contribution is 0.0698. The fourth-order valence-electron chi connectivity index (χ4n) is 0.915. The average Bonchev–Trinajstić information content (AvgIpc) is 2.63. The zero-order chi connectivity index (χ0) is 12.3. The van der Waals surface area contributed by atoms with Crippen LogP contribution in [-0.2, 0) is 10.0 Å². The molecule has 0 radical (unpaired) electrons. The lowest BCUT2D eigenvalue weighted by atomic mass is 10.5. The molecule has 0 aliphatic heterocycles. The summed E-state index contributed by atoms with van der Waals surface area (Å²) < 4.78 is 48.1. The summed E-state index contributed by atoms with van der Waals surface area (Å²) in [4.78, 5) is 9.74. The predicted octanol–water partition coefficient (Wildman–Crippen LogP) is 0.990. The molecular formula is C7H7F2NO4S2. The van der Waals surface area contributed by atoms with Crippen LogP contribution in [0, 0.1) is 0 Å². The van der Waals surface area contributed by atoms with E-state index in [4.69, 9.17) is 5.11 Å². The smallest absolute Gasteiger partial charge is 0.347 e. The zero-order valence-electron chi connectivity index (χ0n) is 7.68. The van der Waals surface area contributed by atoms with Gasteiger partial charge in [-0.15, -0.1) is 11.3 Å². The highest BCUT2D eigenvalue weighted by Crippen LogP contribution is 2.21. The van der Waals surface area contributed by atoms with Gasteiger partial charge in [-0.25, -0.2) is 26.7 Å². The number of hydrogen-bond donors (Lipinski definition) is 2. The van der Waals surface area contributed by atoms with E-state index >= 15 is 0 Å². The lowest BCUT2D eigenvalue weighted by Gasteiger charge is -2.05. The second-order valence-corrected chi connectivity index (χ2v) is 5.31. The number of aromatic carboxylic acids is 1. The Morgan fingerprint density at radius 1 is 1.56 bits per heavy atom. The molecule has 0 atom stereocenters. The van der Waals surface area contributed by atoms with Gasteiger partial charge >= 0.3 is 5.97 Å². The first-order chi connectivity index (χ1) is 7.34. The molecule has 16 heavy (non-hydrogen) atoms. The summed E-state index contributed by atoms with van der Waals surface area (Å²) in [6.45, 7) is -1.04. The molecule has 1 rings (SSSR count). The summed E-state index contributed by atoms with van der Waals surface area (Å²) in [5, 5.41) is 9.93. The van der Waals surface area contributed by atoms with E-state index in [1.807, 2.05) is 0 Å². The van der Waals surface area contributed by atoms with Crippen molar-refractivity contribution >= 4 is 27.3 Å². The molecule has 0 unspecified atom stereocenters. The number of carboxylic acids is 1. The molecule has 2 N–H and O–H groups in total. The van der Waals surface area contributed by atoms with Crippen LogP contribution in [0.5, 0.6) is 0 Å². The van der Waals surface area contributed by atoms with Gasteiger partial charge in [-0.1, -0.05) is 0 Å². The minimum atomic E-state index is -4.19. The number of hydrogen-bond acceptors (Lipinski definition) is 4. The monoisotopic (exact) mass is 271 g/mol. The molecule has 0 aliphatic rings. The number of thiophene rings is 1. The Kier molecular flexibility index (Phi) is 3.94. The van der Waals surface area contributed by atoms with E-state index in [1.54, 1.807) is 4.72 Å². The highest BCUT2D eigenvalue weighted by molar-refractivity contribution is 7.89. The van der Waals surface area contributed by atoms with Gasteiger partial charge in [0.2, 0.25) is 10.0 Å². The highest BCUT2D eigenvalue weighted by Gasteiger charge is 2.24. The second kappa shape index (κ2) is 4.85. The van der Waals surface area contributed by atoms with Crippen LogP contribution in [0.15, 0.2) is 16.3 Å². The molecule has 0 saturated carbocycles. The van der Waals surface area contributed by atoms with Crippen molar-refractivity contribution in [3.05, 3.63) is 16.3 Å². The number of rotatable bonds is 5. The minimum Gasteiger partial charge on any atom is -0.477 e. The summed E-state index contributed by atoms with van der Waals surface area (Å²) in [7, 11) is -4.19. The quantitative estimate of drug-likeness (QED) is 0.836. The van der Waals surface area contributed by atoms with Gasteiger partial charge in [0, 0.05) is 0 Å². The van der Waals surface area contributed by atoms with Crippen molar-refractivity contribution < 1.29 is 27.1 Å². The zero-order valence-corrected chi connectivity index (χ0v) is 9.32. The second-order valence-electron chi connectivity index (χ2n) is 2.66. The Labute approximate surface area is 93.8 Å². The van der Waals surface area contributed by atoms with Gasteiger partial charge < -0.3 is 5.11 Å². The Morgan fingerprint density at radius 2 is 2.19 bits per heavy atom. The number of nitrogens with one attached hydrogen (secondary N) is 1. The molecular weight excluding hydrogens is 264 g/mol. The van der Waals surface area contributed by atoms with Crippen molar-refractivity contribution in [2.45, 2.75) is 11.3 Å². The van der Waals surface area contributed by atoms with Crippen LogP contribution in [0.1, 0.15) is 9.67 Å². The molecule has 90 valence electrons. The Morgan fingerprint density at radius 3 is 2.69 bits per heavy atom. The molecule has 0 aromatic carbocycles. The van der Waals surface area contributed by atoms with Gasteiger partial charge in [-0.3, -0.25) is 0 Å². The van der Waals surface area contributed by atoms with Gasteiger partial charge in [0.15, 0.2) is 0 Å². The molecule has 0 fully saturated rings. The highest BCUT2D eigenvalue weighted by atomic mass is 32.2. The van der Waals surface area contributed by atoms with E-state index in [1.165, 1.54) is 5.38 Å². The lowest BCUT2D eigenvalue weighted by Crippen LogP contribution is -2.29. The van der Waals surface area contributed by atoms with Crippen LogP contribution < -0.4 is 4.72 Å². The van der Waals surface area contributed by atoms with E-state index in [9.17, 15) is 22.0 Å². The van der Waals surface area contributed by atoms with E-state index in [0.717, 1.165) is 6.07 Å². The SMILES string of the molecule is O=C(O)c1sccc1S(=O)(=O)NCC(F)F. The van der Waals surface area contributed by atoms with Crippen molar-refractivity contribution in [3.63, 3.8) is 0 Å². The van der Waals surface area contributed by atoms with Crippen LogP contribution in [-0.4, -0.2) is 32.5 Å². The van der Waals surface area contributed by atoms with Crippen LogP contribution in [0.25, 0.3) is 0 Å². The number of halogens is 2.